The van der Waals surface area contributed by atoms with Crippen LogP contribution in [-0.4, -0.2) is 28.0 Å². The predicted octanol–water partition coefficient (Wildman–Crippen LogP) is 3.03. The van der Waals surface area contributed by atoms with Crippen LogP contribution < -0.4 is 10.2 Å². The summed E-state index contributed by atoms with van der Waals surface area (Å²) in [4.78, 5) is 15.4. The Morgan fingerprint density at radius 1 is 1.19 bits per heavy atom. The Morgan fingerprint density at radius 3 is 2.76 bits per heavy atom. The zero-order valence-electron chi connectivity index (χ0n) is 13.0. The molecule has 0 saturated heterocycles. The van der Waals surface area contributed by atoms with Gasteiger partial charge in [-0.3, -0.25) is 4.98 Å². The summed E-state index contributed by atoms with van der Waals surface area (Å²) in [6, 6.07) is 8.10. The lowest BCUT2D eigenvalue weighted by Crippen LogP contribution is -2.24. The number of anilines is 2. The largest absolute Gasteiger partial charge is 0.370 e. The summed E-state index contributed by atoms with van der Waals surface area (Å²) in [5.41, 5.74) is 2.09. The maximum atomic E-state index is 4.56. The van der Waals surface area contributed by atoms with Gasteiger partial charge in [-0.25, -0.2) is 9.97 Å². The SMILES string of the molecule is CCCNc1cc(N(CC)Cc2cccc(C)n2)ncn1. The fourth-order valence-corrected chi connectivity index (χ4v) is 2.11. The van der Waals surface area contributed by atoms with Gasteiger partial charge in [0.15, 0.2) is 0 Å². The molecule has 0 spiro atoms. The van der Waals surface area contributed by atoms with Gasteiger partial charge in [0.1, 0.15) is 18.0 Å². The zero-order valence-corrected chi connectivity index (χ0v) is 13.0. The summed E-state index contributed by atoms with van der Waals surface area (Å²) >= 11 is 0. The number of hydrogen-bond acceptors (Lipinski definition) is 5. The van der Waals surface area contributed by atoms with Gasteiger partial charge in [0.2, 0.25) is 0 Å². The standard InChI is InChI=1S/C16H23N5/c1-4-9-17-15-10-16(19-12-18-15)21(5-2)11-14-8-6-7-13(3)20-14/h6-8,10,12H,4-5,9,11H2,1-3H3,(H,17,18,19). The van der Waals surface area contributed by atoms with E-state index in [1.165, 1.54) is 0 Å². The summed E-state index contributed by atoms with van der Waals surface area (Å²) in [6.45, 7) is 8.81. The Morgan fingerprint density at radius 2 is 2.05 bits per heavy atom. The third-order valence-electron chi connectivity index (χ3n) is 3.21. The molecule has 0 atom stereocenters. The van der Waals surface area contributed by atoms with E-state index >= 15 is 0 Å². The van der Waals surface area contributed by atoms with E-state index in [0.717, 1.165) is 49.1 Å². The number of pyridine rings is 1. The van der Waals surface area contributed by atoms with Gasteiger partial charge in [0.05, 0.1) is 12.2 Å². The van der Waals surface area contributed by atoms with E-state index in [1.54, 1.807) is 6.33 Å². The Kier molecular flexibility index (Phi) is 5.49. The van der Waals surface area contributed by atoms with Crippen molar-refractivity contribution >= 4 is 11.6 Å². The van der Waals surface area contributed by atoms with Gasteiger partial charge >= 0.3 is 0 Å². The van der Waals surface area contributed by atoms with Crippen molar-refractivity contribution < 1.29 is 0 Å². The van der Waals surface area contributed by atoms with Crippen LogP contribution in [0.2, 0.25) is 0 Å². The smallest absolute Gasteiger partial charge is 0.134 e. The van der Waals surface area contributed by atoms with Gasteiger partial charge in [0.25, 0.3) is 0 Å². The molecule has 0 unspecified atom stereocenters. The summed E-state index contributed by atoms with van der Waals surface area (Å²) in [5, 5.41) is 3.29. The fraction of sp³-hybridized carbons (Fsp3) is 0.438. The maximum absolute atomic E-state index is 4.56. The van der Waals surface area contributed by atoms with Crippen molar-refractivity contribution in [1.29, 1.82) is 0 Å². The Bertz CT molecular complexity index is 570. The minimum atomic E-state index is 0.752. The molecule has 0 aliphatic carbocycles. The Hall–Kier alpha value is -2.17. The number of rotatable bonds is 7. The summed E-state index contributed by atoms with van der Waals surface area (Å²) < 4.78 is 0. The second kappa shape index (κ2) is 7.57. The molecule has 0 aromatic carbocycles. The molecule has 21 heavy (non-hydrogen) atoms. The van der Waals surface area contributed by atoms with E-state index < -0.39 is 0 Å². The normalized spacial score (nSPS) is 10.4. The van der Waals surface area contributed by atoms with Gasteiger partial charge in [-0.2, -0.15) is 0 Å². The molecule has 0 bridgehead atoms. The van der Waals surface area contributed by atoms with E-state index in [2.05, 4.69) is 39.0 Å². The predicted molar refractivity (Wildman–Crippen MR) is 86.5 cm³/mol. The first-order valence-corrected chi connectivity index (χ1v) is 7.46. The molecule has 5 nitrogen and oxygen atoms in total. The first kappa shape index (κ1) is 15.2. The molecule has 112 valence electrons. The lowest BCUT2D eigenvalue weighted by molar-refractivity contribution is 0.787. The van der Waals surface area contributed by atoms with Gasteiger partial charge in [-0.05, 0) is 32.4 Å². The minimum absolute atomic E-state index is 0.752. The van der Waals surface area contributed by atoms with Crippen LogP contribution in [0.5, 0.6) is 0 Å². The monoisotopic (exact) mass is 285 g/mol. The van der Waals surface area contributed by atoms with Crippen molar-refractivity contribution in [3.8, 4) is 0 Å². The molecule has 0 aliphatic heterocycles. The van der Waals surface area contributed by atoms with E-state index in [-0.39, 0.29) is 0 Å². The zero-order chi connectivity index (χ0) is 15.1. The van der Waals surface area contributed by atoms with Gasteiger partial charge in [-0.15, -0.1) is 0 Å². The van der Waals surface area contributed by atoms with E-state index in [4.69, 9.17) is 0 Å². The van der Waals surface area contributed by atoms with Crippen LogP contribution in [0.4, 0.5) is 11.6 Å². The highest BCUT2D eigenvalue weighted by molar-refractivity contribution is 5.48. The third-order valence-corrected chi connectivity index (χ3v) is 3.21. The average Bonchev–Trinajstić information content (AvgIpc) is 2.51. The molecular formula is C16H23N5. The van der Waals surface area contributed by atoms with Gasteiger partial charge in [-0.1, -0.05) is 13.0 Å². The van der Waals surface area contributed by atoms with Crippen LogP contribution in [0.15, 0.2) is 30.6 Å². The lowest BCUT2D eigenvalue weighted by Gasteiger charge is -2.22. The van der Waals surface area contributed by atoms with Crippen molar-refractivity contribution in [2.45, 2.75) is 33.7 Å². The molecular weight excluding hydrogens is 262 g/mol. The molecule has 0 aliphatic rings. The average molecular weight is 285 g/mol. The Labute approximate surface area is 126 Å². The molecule has 2 aromatic heterocycles. The molecule has 0 radical (unpaired) electrons. The Balaban J connectivity index is 2.13. The first-order chi connectivity index (χ1) is 10.2. The first-order valence-electron chi connectivity index (χ1n) is 7.46. The van der Waals surface area contributed by atoms with Crippen LogP contribution in [-0.2, 0) is 6.54 Å². The highest BCUT2D eigenvalue weighted by atomic mass is 15.2. The van der Waals surface area contributed by atoms with Crippen molar-refractivity contribution in [2.24, 2.45) is 0 Å². The second-order valence-corrected chi connectivity index (χ2v) is 4.97. The van der Waals surface area contributed by atoms with E-state index in [1.807, 2.05) is 31.2 Å². The van der Waals surface area contributed by atoms with E-state index in [0.29, 0.717) is 0 Å². The van der Waals surface area contributed by atoms with Gasteiger partial charge < -0.3 is 10.2 Å². The quantitative estimate of drug-likeness (QED) is 0.847. The van der Waals surface area contributed by atoms with E-state index in [9.17, 15) is 0 Å². The number of nitrogens with one attached hydrogen (secondary N) is 1. The minimum Gasteiger partial charge on any atom is -0.370 e. The van der Waals surface area contributed by atoms with Crippen LogP contribution in [0.25, 0.3) is 0 Å². The number of nitrogens with zero attached hydrogens (tertiary/aromatic N) is 4. The van der Waals surface area contributed by atoms with Crippen molar-refractivity contribution in [3.05, 3.63) is 42.0 Å². The molecule has 5 heteroatoms. The van der Waals surface area contributed by atoms with Crippen LogP contribution in [0.1, 0.15) is 31.7 Å². The second-order valence-electron chi connectivity index (χ2n) is 4.97. The van der Waals surface area contributed by atoms with Crippen LogP contribution >= 0.6 is 0 Å². The number of aromatic nitrogens is 3. The highest BCUT2D eigenvalue weighted by Crippen LogP contribution is 2.16. The maximum Gasteiger partial charge on any atom is 0.134 e. The molecule has 0 amide bonds. The molecule has 2 aromatic rings. The van der Waals surface area contributed by atoms with Gasteiger partial charge in [0, 0.05) is 24.8 Å². The number of hydrogen-bond donors (Lipinski definition) is 1. The molecule has 0 fully saturated rings. The number of aryl methyl sites for hydroxylation is 1. The van der Waals surface area contributed by atoms with Crippen molar-refractivity contribution in [2.75, 3.05) is 23.3 Å². The fourth-order valence-electron chi connectivity index (χ4n) is 2.11. The third kappa shape index (κ3) is 4.41. The van der Waals surface area contributed by atoms with Crippen LogP contribution in [0.3, 0.4) is 0 Å². The molecule has 0 saturated carbocycles. The summed E-state index contributed by atoms with van der Waals surface area (Å²) in [5.74, 6) is 1.80. The van der Waals surface area contributed by atoms with Crippen molar-refractivity contribution in [3.63, 3.8) is 0 Å². The van der Waals surface area contributed by atoms with Crippen LogP contribution in [0, 0.1) is 6.92 Å². The molecule has 2 heterocycles. The highest BCUT2D eigenvalue weighted by Gasteiger charge is 2.09. The summed E-state index contributed by atoms with van der Waals surface area (Å²) in [7, 11) is 0. The summed E-state index contributed by atoms with van der Waals surface area (Å²) in [6.07, 6.45) is 2.68. The lowest BCUT2D eigenvalue weighted by atomic mass is 10.3. The topological polar surface area (TPSA) is 53.9 Å². The molecule has 1 N–H and O–H groups in total. The molecule has 2 rings (SSSR count). The van der Waals surface area contributed by atoms with Crippen molar-refractivity contribution in [1.82, 2.24) is 15.0 Å².